The van der Waals surface area contributed by atoms with Crippen molar-refractivity contribution in [2.24, 2.45) is 0 Å². The van der Waals surface area contributed by atoms with Gasteiger partial charge in [-0.2, -0.15) is 0 Å². The van der Waals surface area contributed by atoms with Crippen molar-refractivity contribution >= 4 is 17.8 Å². The quantitative estimate of drug-likeness (QED) is 0.473. The van der Waals surface area contributed by atoms with Gasteiger partial charge >= 0.3 is 5.97 Å². The molecule has 0 aliphatic rings. The molecule has 1 unspecified atom stereocenters. The molecule has 7 heteroatoms. The number of ether oxygens (including phenoxy) is 2. The summed E-state index contributed by atoms with van der Waals surface area (Å²) in [6.07, 6.45) is -0.0255. The minimum Gasteiger partial charge on any atom is -0.492 e. The number of benzene rings is 2. The third-order valence-electron chi connectivity index (χ3n) is 3.93. The van der Waals surface area contributed by atoms with Crippen LogP contribution in [0.5, 0.6) is 5.75 Å². The number of nitrogens with one attached hydrogen (secondary N) is 2. The van der Waals surface area contributed by atoms with Crippen molar-refractivity contribution < 1.29 is 23.9 Å². The van der Waals surface area contributed by atoms with Crippen molar-refractivity contribution in [3.8, 4) is 5.75 Å². The van der Waals surface area contributed by atoms with E-state index < -0.39 is 17.9 Å². The lowest BCUT2D eigenvalue weighted by atomic mass is 10.2. The van der Waals surface area contributed by atoms with Crippen LogP contribution in [-0.4, -0.2) is 43.6 Å². The summed E-state index contributed by atoms with van der Waals surface area (Å²) in [6.45, 7) is 3.91. The smallest absolute Gasteiger partial charge is 0.308 e. The highest BCUT2D eigenvalue weighted by Gasteiger charge is 2.15. The Hall–Kier alpha value is -3.35. The highest BCUT2D eigenvalue weighted by Crippen LogP contribution is 2.11. The first-order valence-corrected chi connectivity index (χ1v) is 9.41. The van der Waals surface area contributed by atoms with Crippen molar-refractivity contribution in [2.75, 3.05) is 19.8 Å². The zero-order chi connectivity index (χ0) is 21.1. The van der Waals surface area contributed by atoms with Crippen LogP contribution in [0.3, 0.4) is 0 Å². The molecule has 0 saturated carbocycles. The lowest BCUT2D eigenvalue weighted by Gasteiger charge is -2.13. The number of hydrogen-bond donors (Lipinski definition) is 2. The summed E-state index contributed by atoms with van der Waals surface area (Å²) in [5, 5.41) is 5.34. The van der Waals surface area contributed by atoms with E-state index in [-0.39, 0.29) is 18.9 Å². The molecular weight excluding hydrogens is 372 g/mol. The molecule has 7 nitrogen and oxygen atoms in total. The Balaban J connectivity index is 1.59. The molecule has 154 valence electrons. The van der Waals surface area contributed by atoms with Crippen LogP contribution in [-0.2, 0) is 14.3 Å². The maximum absolute atomic E-state index is 12.0. The van der Waals surface area contributed by atoms with Gasteiger partial charge in [-0.3, -0.25) is 14.4 Å². The normalized spacial score (nSPS) is 11.2. The number of carbonyl (C=O) groups excluding carboxylic acids is 3. The van der Waals surface area contributed by atoms with Gasteiger partial charge in [0, 0.05) is 11.6 Å². The van der Waals surface area contributed by atoms with Gasteiger partial charge in [-0.15, -0.1) is 0 Å². The minimum absolute atomic E-state index is 0.0255. The van der Waals surface area contributed by atoms with Gasteiger partial charge in [0.15, 0.2) is 6.61 Å². The van der Waals surface area contributed by atoms with Crippen LogP contribution in [0.2, 0.25) is 0 Å². The average molecular weight is 398 g/mol. The van der Waals surface area contributed by atoms with Crippen LogP contribution in [0, 0.1) is 6.92 Å². The monoisotopic (exact) mass is 398 g/mol. The molecule has 0 saturated heterocycles. The Morgan fingerprint density at radius 1 is 1.03 bits per heavy atom. The topological polar surface area (TPSA) is 93.7 Å². The highest BCUT2D eigenvalue weighted by molar-refractivity contribution is 5.94. The van der Waals surface area contributed by atoms with Gasteiger partial charge in [-0.25, -0.2) is 0 Å². The number of carbonyl (C=O) groups is 3. The molecule has 2 rings (SSSR count). The first kappa shape index (κ1) is 21.9. The molecule has 0 aliphatic carbocycles. The number of esters is 1. The molecule has 29 heavy (non-hydrogen) atoms. The molecule has 0 radical (unpaired) electrons. The Bertz CT molecular complexity index is 823. The van der Waals surface area contributed by atoms with Crippen molar-refractivity contribution in [3.05, 3.63) is 65.7 Å². The highest BCUT2D eigenvalue weighted by atomic mass is 16.5. The summed E-state index contributed by atoms with van der Waals surface area (Å²) >= 11 is 0. The Kier molecular flexibility index (Phi) is 8.69. The number of hydrogen-bond acceptors (Lipinski definition) is 5. The van der Waals surface area contributed by atoms with E-state index in [0.29, 0.717) is 18.7 Å². The van der Waals surface area contributed by atoms with Crippen molar-refractivity contribution in [3.63, 3.8) is 0 Å². The maximum Gasteiger partial charge on any atom is 0.308 e. The van der Waals surface area contributed by atoms with Crippen molar-refractivity contribution in [2.45, 2.75) is 26.3 Å². The number of rotatable bonds is 10. The van der Waals surface area contributed by atoms with Gasteiger partial charge in [0.25, 0.3) is 11.8 Å². The van der Waals surface area contributed by atoms with E-state index in [2.05, 4.69) is 10.6 Å². The van der Waals surface area contributed by atoms with Gasteiger partial charge < -0.3 is 20.1 Å². The molecule has 2 amide bonds. The van der Waals surface area contributed by atoms with Crippen LogP contribution in [0.4, 0.5) is 0 Å². The van der Waals surface area contributed by atoms with E-state index in [4.69, 9.17) is 9.47 Å². The van der Waals surface area contributed by atoms with Crippen LogP contribution in [0.15, 0.2) is 54.6 Å². The fourth-order valence-electron chi connectivity index (χ4n) is 2.52. The van der Waals surface area contributed by atoms with Crippen LogP contribution >= 0.6 is 0 Å². The Morgan fingerprint density at radius 2 is 1.79 bits per heavy atom. The molecule has 0 aliphatic heterocycles. The molecule has 0 fully saturated rings. The van der Waals surface area contributed by atoms with E-state index in [0.717, 1.165) is 11.3 Å². The second kappa shape index (κ2) is 11.5. The van der Waals surface area contributed by atoms with E-state index >= 15 is 0 Å². The predicted octanol–water partition coefficient (Wildman–Crippen LogP) is 2.24. The average Bonchev–Trinajstić information content (AvgIpc) is 2.70. The molecule has 2 aromatic rings. The molecular formula is C22H26N2O5. The number of amides is 2. The fraction of sp³-hybridized carbons (Fsp3) is 0.318. The summed E-state index contributed by atoms with van der Waals surface area (Å²) in [5.74, 6) is -0.501. The second-order valence-corrected chi connectivity index (χ2v) is 6.62. The first-order valence-electron chi connectivity index (χ1n) is 9.41. The zero-order valence-corrected chi connectivity index (χ0v) is 16.6. The molecule has 0 heterocycles. The van der Waals surface area contributed by atoms with Crippen LogP contribution in [0.25, 0.3) is 0 Å². The standard InChI is InChI=1S/C22H26N2O5/c1-16-7-6-10-19(13-16)28-12-11-23-20(25)15-29-21(26)14-17(2)24-22(27)18-8-4-3-5-9-18/h3-10,13,17H,11-12,14-15H2,1-2H3,(H,23,25)(H,24,27). The second-order valence-electron chi connectivity index (χ2n) is 6.62. The molecule has 0 aromatic heterocycles. The number of aryl methyl sites for hydroxylation is 1. The molecule has 2 N–H and O–H groups in total. The lowest BCUT2D eigenvalue weighted by molar-refractivity contribution is -0.148. The summed E-state index contributed by atoms with van der Waals surface area (Å²) in [5.41, 5.74) is 1.60. The summed E-state index contributed by atoms with van der Waals surface area (Å²) in [6, 6.07) is 15.9. The minimum atomic E-state index is -0.558. The van der Waals surface area contributed by atoms with E-state index in [1.54, 1.807) is 31.2 Å². The maximum atomic E-state index is 12.0. The van der Waals surface area contributed by atoms with Gasteiger partial charge in [0.2, 0.25) is 0 Å². The van der Waals surface area contributed by atoms with Crippen LogP contribution in [0.1, 0.15) is 29.3 Å². The van der Waals surface area contributed by atoms with Crippen molar-refractivity contribution in [1.82, 2.24) is 10.6 Å². The molecule has 2 aromatic carbocycles. The molecule has 1 atom stereocenters. The zero-order valence-electron chi connectivity index (χ0n) is 16.6. The summed E-state index contributed by atoms with van der Waals surface area (Å²) in [7, 11) is 0. The van der Waals surface area contributed by atoms with Gasteiger partial charge in [-0.1, -0.05) is 30.3 Å². The van der Waals surface area contributed by atoms with Crippen LogP contribution < -0.4 is 15.4 Å². The molecule has 0 bridgehead atoms. The predicted molar refractivity (Wildman–Crippen MR) is 109 cm³/mol. The van der Waals surface area contributed by atoms with Gasteiger partial charge in [0.05, 0.1) is 13.0 Å². The summed E-state index contributed by atoms with van der Waals surface area (Å²) < 4.78 is 10.5. The SMILES string of the molecule is Cc1cccc(OCCNC(=O)COC(=O)CC(C)NC(=O)c2ccccc2)c1. The van der Waals surface area contributed by atoms with E-state index in [9.17, 15) is 14.4 Å². The third-order valence-corrected chi connectivity index (χ3v) is 3.93. The fourth-order valence-corrected chi connectivity index (χ4v) is 2.52. The third kappa shape index (κ3) is 8.47. The van der Waals surface area contributed by atoms with E-state index in [1.165, 1.54) is 0 Å². The van der Waals surface area contributed by atoms with Crippen molar-refractivity contribution in [1.29, 1.82) is 0 Å². The van der Waals surface area contributed by atoms with Gasteiger partial charge in [-0.05, 0) is 43.7 Å². The first-order chi connectivity index (χ1) is 13.9. The summed E-state index contributed by atoms with van der Waals surface area (Å²) in [4.78, 5) is 35.6. The largest absolute Gasteiger partial charge is 0.492 e. The Labute approximate surface area is 170 Å². The van der Waals surface area contributed by atoms with Gasteiger partial charge in [0.1, 0.15) is 12.4 Å². The van der Waals surface area contributed by atoms with E-state index in [1.807, 2.05) is 37.3 Å². The molecule has 0 spiro atoms. The Morgan fingerprint density at radius 3 is 2.52 bits per heavy atom. The lowest BCUT2D eigenvalue weighted by Crippen LogP contribution is -2.36.